The molecule has 1 aromatic carbocycles. The molecule has 1 unspecified atom stereocenters. The molecular weight excluding hydrogens is 371 g/mol. The lowest BCUT2D eigenvalue weighted by atomic mass is 10.1. The first kappa shape index (κ1) is 20.1. The van der Waals surface area contributed by atoms with Gasteiger partial charge in [-0.3, -0.25) is 5.04 Å². The Bertz CT molecular complexity index is 607. The van der Waals surface area contributed by atoms with Crippen LogP contribution in [0.3, 0.4) is 0 Å². The van der Waals surface area contributed by atoms with E-state index in [-0.39, 0.29) is 0 Å². The summed E-state index contributed by atoms with van der Waals surface area (Å²) in [6.07, 6.45) is -9.78. The first-order valence-electron chi connectivity index (χ1n) is 5.63. The monoisotopic (exact) mass is 377 g/mol. The lowest BCUT2D eigenvalue weighted by molar-refractivity contribution is -0.777. The summed E-state index contributed by atoms with van der Waals surface area (Å²) in [6.45, 7) is 0. The zero-order chi connectivity index (χ0) is 18.5. The van der Waals surface area contributed by atoms with Crippen LogP contribution in [0.2, 0.25) is 0 Å². The van der Waals surface area contributed by atoms with Crippen LogP contribution < -0.4 is 5.26 Å². The Kier molecular flexibility index (Phi) is 6.48. The van der Waals surface area contributed by atoms with Crippen molar-refractivity contribution in [3.8, 4) is 0 Å². The van der Waals surface area contributed by atoms with Crippen LogP contribution in [0.25, 0.3) is 0 Å². The van der Waals surface area contributed by atoms with Crippen molar-refractivity contribution in [2.24, 2.45) is 0 Å². The first-order chi connectivity index (χ1) is 11.0. The van der Waals surface area contributed by atoms with E-state index in [1.54, 1.807) is 0 Å². The fourth-order valence-electron chi connectivity index (χ4n) is 1.45. The van der Waals surface area contributed by atoms with Crippen molar-refractivity contribution in [3.05, 3.63) is 35.4 Å². The molecule has 1 N–H and O–H groups in total. The summed E-state index contributed by atoms with van der Waals surface area (Å²) < 4.78 is 71.8. The summed E-state index contributed by atoms with van der Waals surface area (Å²) in [5.41, 5.74) is -1.63. The Labute approximate surface area is 134 Å². The van der Waals surface area contributed by atoms with Crippen LogP contribution in [-0.4, -0.2) is 34.6 Å². The second-order valence-corrected chi connectivity index (χ2v) is 4.81. The minimum absolute atomic E-state index is 0.751. The Morgan fingerprint density at radius 2 is 1.67 bits per heavy atom. The van der Waals surface area contributed by atoms with Crippen LogP contribution in [0, 0.1) is 0 Å². The minimum Gasteiger partial charge on any atom is -0.691 e. The fourth-order valence-corrected chi connectivity index (χ4v) is 1.83. The summed E-state index contributed by atoms with van der Waals surface area (Å²) in [5.74, 6) is -3.64. The van der Waals surface area contributed by atoms with Crippen LogP contribution in [0.15, 0.2) is 24.3 Å². The minimum atomic E-state index is -5.75. The Hall–Kier alpha value is -1.96. The van der Waals surface area contributed by atoms with Crippen molar-refractivity contribution < 1.29 is 56.0 Å². The highest BCUT2D eigenvalue weighted by Gasteiger charge is 2.60. The molecule has 1 aromatic rings. The number of esters is 1. The van der Waals surface area contributed by atoms with Crippen LogP contribution >= 0.6 is 12.0 Å². The number of carboxylic acids is 1. The van der Waals surface area contributed by atoms with E-state index in [4.69, 9.17) is 5.11 Å². The molecule has 0 radical (unpaired) electrons. The van der Waals surface area contributed by atoms with E-state index < -0.39 is 52.6 Å². The number of alkyl halides is 5. The van der Waals surface area contributed by atoms with Crippen molar-refractivity contribution in [2.75, 3.05) is 0 Å². The number of hydrogen-bond acceptors (Lipinski definition) is 7. The highest BCUT2D eigenvalue weighted by Crippen LogP contribution is 2.42. The summed E-state index contributed by atoms with van der Waals surface area (Å²) in [7, 11) is 0. The summed E-state index contributed by atoms with van der Waals surface area (Å²) in [6, 6.07) is 3.89. The molecule has 7 nitrogen and oxygen atoms in total. The van der Waals surface area contributed by atoms with E-state index in [1.165, 1.54) is 0 Å². The molecule has 0 heterocycles. The number of ether oxygens (including phenoxy) is 1. The topological polar surface area (TPSA) is 105 Å². The number of aromatic carboxylic acids is 1. The van der Waals surface area contributed by atoms with Gasteiger partial charge in [-0.1, -0.05) is 12.1 Å². The quantitative estimate of drug-likeness (QED) is 0.253. The molecule has 0 saturated carbocycles. The van der Waals surface area contributed by atoms with Crippen molar-refractivity contribution in [2.45, 2.75) is 17.5 Å². The van der Waals surface area contributed by atoms with Crippen LogP contribution in [0.4, 0.5) is 22.0 Å². The predicted octanol–water partition coefficient (Wildman–Crippen LogP) is 1.94. The molecule has 0 bridgehead atoms. The number of halogens is 5. The van der Waals surface area contributed by atoms with Crippen molar-refractivity contribution >= 4 is 24.0 Å². The molecule has 0 aliphatic heterocycles. The fraction of sp³-hybridized carbons (Fsp3) is 0.273. The number of carboxylic acid groups (broad SMARTS) is 1. The second-order valence-electron chi connectivity index (χ2n) is 3.96. The van der Waals surface area contributed by atoms with Gasteiger partial charge in [-0.05, 0) is 12.1 Å². The van der Waals surface area contributed by atoms with E-state index in [1.807, 2.05) is 0 Å². The van der Waals surface area contributed by atoms with Crippen molar-refractivity contribution in [1.29, 1.82) is 0 Å². The summed E-state index contributed by atoms with van der Waals surface area (Å²) >= 11 is -1.32. The van der Waals surface area contributed by atoms with Gasteiger partial charge in [-0.15, -0.1) is 0 Å². The van der Waals surface area contributed by atoms with E-state index in [0.29, 0.717) is 0 Å². The van der Waals surface area contributed by atoms with Crippen LogP contribution in [0.5, 0.6) is 0 Å². The van der Waals surface area contributed by atoms with Gasteiger partial charge >= 0.3 is 23.4 Å². The highest BCUT2D eigenvalue weighted by atomic mass is 32.2. The van der Waals surface area contributed by atoms with Gasteiger partial charge in [-0.25, -0.2) is 9.59 Å². The summed E-state index contributed by atoms with van der Waals surface area (Å²) in [5, 5.41) is 15.9. The number of carbonyl (C=O) groups excluding carboxylic acids is 1. The van der Waals surface area contributed by atoms with Gasteiger partial charge in [-0.2, -0.15) is 26.3 Å². The third-order valence-corrected chi connectivity index (χ3v) is 2.94. The maximum absolute atomic E-state index is 13.4. The molecular formula is C11H6F5O7S-. The van der Waals surface area contributed by atoms with Crippen molar-refractivity contribution in [1.82, 2.24) is 0 Å². The largest absolute Gasteiger partial charge is 0.691 e. The van der Waals surface area contributed by atoms with Gasteiger partial charge in [0, 0.05) is 0 Å². The zero-order valence-electron chi connectivity index (χ0n) is 11.1. The van der Waals surface area contributed by atoms with Gasteiger partial charge in [0.25, 0.3) is 6.10 Å². The SMILES string of the molecule is O=C(O)c1ccccc1C(=O)OC(C(F)(F)F)C(F)(F)SOO[O-]. The van der Waals surface area contributed by atoms with Gasteiger partial charge in [0.1, 0.15) is 12.0 Å². The maximum Gasteiger partial charge on any atom is 0.432 e. The molecule has 0 aliphatic rings. The zero-order valence-corrected chi connectivity index (χ0v) is 11.9. The average molecular weight is 377 g/mol. The van der Waals surface area contributed by atoms with Gasteiger partial charge < -0.3 is 15.1 Å². The number of benzene rings is 1. The number of carbonyl (C=O) groups is 2. The molecule has 1 rings (SSSR count). The van der Waals surface area contributed by atoms with E-state index in [9.17, 15) is 36.8 Å². The standard InChI is InChI=1S/C11H7F5O7S/c12-10(13,14)9(11(15,16)24-23-22-20)21-8(19)6-4-2-1-3-5(6)7(17)18/h1-4,9,20H,(H,17,18)/p-1. The molecule has 134 valence electrons. The van der Waals surface area contributed by atoms with E-state index in [2.05, 4.69) is 14.1 Å². The smallest absolute Gasteiger partial charge is 0.432 e. The third-order valence-electron chi connectivity index (χ3n) is 2.38. The number of hydrogen-bond donors (Lipinski definition) is 1. The van der Waals surface area contributed by atoms with Crippen molar-refractivity contribution in [3.63, 3.8) is 0 Å². The molecule has 0 saturated heterocycles. The third kappa shape index (κ3) is 5.02. The van der Waals surface area contributed by atoms with E-state index >= 15 is 0 Å². The lowest BCUT2D eigenvalue weighted by Gasteiger charge is -2.27. The second kappa shape index (κ2) is 7.74. The molecule has 0 aromatic heterocycles. The van der Waals surface area contributed by atoms with Crippen LogP contribution in [0.1, 0.15) is 20.7 Å². The Morgan fingerprint density at radius 1 is 1.12 bits per heavy atom. The molecule has 13 heteroatoms. The lowest BCUT2D eigenvalue weighted by Crippen LogP contribution is -2.46. The molecule has 0 amide bonds. The Morgan fingerprint density at radius 3 is 2.12 bits per heavy atom. The molecule has 0 aliphatic carbocycles. The molecule has 0 fully saturated rings. The number of rotatable bonds is 7. The first-order valence-corrected chi connectivity index (χ1v) is 6.37. The predicted molar refractivity (Wildman–Crippen MR) is 63.4 cm³/mol. The van der Waals surface area contributed by atoms with Gasteiger partial charge in [0.15, 0.2) is 0 Å². The highest BCUT2D eigenvalue weighted by molar-refractivity contribution is 7.95. The molecule has 24 heavy (non-hydrogen) atoms. The van der Waals surface area contributed by atoms with E-state index in [0.717, 1.165) is 24.3 Å². The van der Waals surface area contributed by atoms with Gasteiger partial charge in [0.05, 0.1) is 11.1 Å². The Balaban J connectivity index is 3.12. The molecule has 1 atom stereocenters. The summed E-state index contributed by atoms with van der Waals surface area (Å²) in [4.78, 5) is 22.6. The van der Waals surface area contributed by atoms with Gasteiger partial charge in [0.2, 0.25) is 0 Å². The average Bonchev–Trinajstić information content (AvgIpc) is 2.49. The van der Waals surface area contributed by atoms with Crippen LogP contribution in [-0.2, 0) is 14.1 Å². The molecule has 0 spiro atoms. The normalized spacial score (nSPS) is 13.4. The maximum atomic E-state index is 13.4.